The molecule has 0 saturated carbocycles. The van der Waals surface area contributed by atoms with Crippen LogP contribution in [0.15, 0.2) is 0 Å². The SMILES string of the molecule is COC(C)(C)C(=O)N1CCC(C)C(N)C1. The zero-order chi connectivity index (χ0) is 11.6. The fraction of sp³-hybridized carbons (Fsp3) is 0.909. The van der Waals surface area contributed by atoms with Crippen molar-refractivity contribution in [1.82, 2.24) is 4.90 Å². The van der Waals surface area contributed by atoms with Crippen LogP contribution in [0.3, 0.4) is 0 Å². The molecule has 0 spiro atoms. The van der Waals surface area contributed by atoms with Crippen molar-refractivity contribution in [1.29, 1.82) is 0 Å². The van der Waals surface area contributed by atoms with Gasteiger partial charge in [-0.1, -0.05) is 6.92 Å². The van der Waals surface area contributed by atoms with Crippen LogP contribution in [-0.4, -0.2) is 42.6 Å². The highest BCUT2D eigenvalue weighted by atomic mass is 16.5. The van der Waals surface area contributed by atoms with Gasteiger partial charge in [-0.15, -0.1) is 0 Å². The predicted octanol–water partition coefficient (Wildman–Crippen LogP) is 0.607. The van der Waals surface area contributed by atoms with E-state index in [-0.39, 0.29) is 11.9 Å². The molecule has 2 N–H and O–H groups in total. The van der Waals surface area contributed by atoms with Gasteiger partial charge in [0.2, 0.25) is 0 Å². The number of methoxy groups -OCH3 is 1. The van der Waals surface area contributed by atoms with Crippen molar-refractivity contribution in [3.8, 4) is 0 Å². The van der Waals surface area contributed by atoms with E-state index in [1.807, 2.05) is 4.90 Å². The molecule has 88 valence electrons. The Morgan fingerprint density at radius 3 is 2.60 bits per heavy atom. The van der Waals surface area contributed by atoms with E-state index < -0.39 is 5.60 Å². The summed E-state index contributed by atoms with van der Waals surface area (Å²) in [6.07, 6.45) is 0.979. The first kappa shape index (κ1) is 12.5. The third-order valence-corrected chi connectivity index (χ3v) is 3.33. The smallest absolute Gasteiger partial charge is 0.254 e. The van der Waals surface area contributed by atoms with E-state index in [0.29, 0.717) is 12.5 Å². The number of carbonyl (C=O) groups excluding carboxylic acids is 1. The van der Waals surface area contributed by atoms with Gasteiger partial charge in [0.05, 0.1) is 0 Å². The van der Waals surface area contributed by atoms with Gasteiger partial charge in [0.1, 0.15) is 5.60 Å². The molecule has 0 aromatic carbocycles. The molecule has 1 fully saturated rings. The molecule has 0 bridgehead atoms. The van der Waals surface area contributed by atoms with E-state index in [1.54, 1.807) is 21.0 Å². The Bertz CT molecular complexity index is 241. The van der Waals surface area contributed by atoms with Crippen LogP contribution in [0.2, 0.25) is 0 Å². The first-order chi connectivity index (χ1) is 6.88. The van der Waals surface area contributed by atoms with Gasteiger partial charge in [0.15, 0.2) is 0 Å². The third kappa shape index (κ3) is 2.69. The van der Waals surface area contributed by atoms with Gasteiger partial charge in [-0.2, -0.15) is 0 Å². The highest BCUT2D eigenvalue weighted by Crippen LogP contribution is 2.20. The second-order valence-electron chi connectivity index (χ2n) is 4.90. The lowest BCUT2D eigenvalue weighted by Crippen LogP contribution is -2.55. The van der Waals surface area contributed by atoms with Gasteiger partial charge < -0.3 is 15.4 Å². The van der Waals surface area contributed by atoms with Crippen molar-refractivity contribution in [3.05, 3.63) is 0 Å². The molecular weight excluding hydrogens is 192 g/mol. The van der Waals surface area contributed by atoms with Crippen molar-refractivity contribution in [2.75, 3.05) is 20.2 Å². The fourth-order valence-corrected chi connectivity index (χ4v) is 1.75. The Kier molecular flexibility index (Phi) is 3.73. The fourth-order valence-electron chi connectivity index (χ4n) is 1.75. The zero-order valence-corrected chi connectivity index (χ0v) is 10.1. The number of likely N-dealkylation sites (tertiary alicyclic amines) is 1. The first-order valence-electron chi connectivity index (χ1n) is 5.48. The lowest BCUT2D eigenvalue weighted by atomic mass is 9.93. The zero-order valence-electron chi connectivity index (χ0n) is 10.1. The van der Waals surface area contributed by atoms with E-state index >= 15 is 0 Å². The summed E-state index contributed by atoms with van der Waals surface area (Å²) < 4.78 is 5.18. The van der Waals surface area contributed by atoms with Gasteiger partial charge in [-0.3, -0.25) is 4.79 Å². The highest BCUT2D eigenvalue weighted by Gasteiger charge is 2.35. The van der Waals surface area contributed by atoms with Gasteiger partial charge >= 0.3 is 0 Å². The Labute approximate surface area is 91.8 Å². The monoisotopic (exact) mass is 214 g/mol. The molecule has 1 aliphatic rings. The van der Waals surface area contributed by atoms with Crippen LogP contribution < -0.4 is 5.73 Å². The number of rotatable bonds is 2. The largest absolute Gasteiger partial charge is 0.369 e. The minimum absolute atomic E-state index is 0.0346. The second-order valence-corrected chi connectivity index (χ2v) is 4.90. The lowest BCUT2D eigenvalue weighted by Gasteiger charge is -2.38. The molecule has 1 amide bonds. The molecule has 0 aromatic rings. The average molecular weight is 214 g/mol. The lowest BCUT2D eigenvalue weighted by molar-refractivity contribution is -0.152. The van der Waals surface area contributed by atoms with Crippen LogP contribution in [0.5, 0.6) is 0 Å². The normalized spacial score (nSPS) is 27.9. The van der Waals surface area contributed by atoms with Crippen molar-refractivity contribution >= 4 is 5.91 Å². The summed E-state index contributed by atoms with van der Waals surface area (Å²) >= 11 is 0. The number of nitrogens with two attached hydrogens (primary N) is 1. The molecule has 2 atom stereocenters. The summed E-state index contributed by atoms with van der Waals surface area (Å²) in [6.45, 7) is 7.15. The molecule has 4 nitrogen and oxygen atoms in total. The van der Waals surface area contributed by atoms with Gasteiger partial charge in [0.25, 0.3) is 5.91 Å². The first-order valence-corrected chi connectivity index (χ1v) is 5.48. The van der Waals surface area contributed by atoms with E-state index in [1.165, 1.54) is 0 Å². The second kappa shape index (κ2) is 4.49. The van der Waals surface area contributed by atoms with Crippen LogP contribution in [-0.2, 0) is 9.53 Å². The molecule has 1 rings (SSSR count). The molecule has 4 heteroatoms. The molecule has 0 radical (unpaired) electrons. The maximum absolute atomic E-state index is 12.0. The Morgan fingerprint density at radius 1 is 1.53 bits per heavy atom. The van der Waals surface area contributed by atoms with E-state index in [9.17, 15) is 4.79 Å². The van der Waals surface area contributed by atoms with Gasteiger partial charge in [0, 0.05) is 26.2 Å². The maximum Gasteiger partial charge on any atom is 0.254 e. The number of piperidine rings is 1. The summed E-state index contributed by atoms with van der Waals surface area (Å²) in [5, 5.41) is 0. The summed E-state index contributed by atoms with van der Waals surface area (Å²) in [7, 11) is 1.56. The quantitative estimate of drug-likeness (QED) is 0.732. The van der Waals surface area contributed by atoms with Gasteiger partial charge in [-0.25, -0.2) is 0 Å². The van der Waals surface area contributed by atoms with Crippen LogP contribution in [0, 0.1) is 5.92 Å². The summed E-state index contributed by atoms with van der Waals surface area (Å²) in [4.78, 5) is 13.9. The summed E-state index contributed by atoms with van der Waals surface area (Å²) in [5.74, 6) is 0.534. The molecule has 2 unspecified atom stereocenters. The summed E-state index contributed by atoms with van der Waals surface area (Å²) in [6, 6.07) is 0.0929. The van der Waals surface area contributed by atoms with Crippen molar-refractivity contribution in [2.24, 2.45) is 11.7 Å². The maximum atomic E-state index is 12.0. The Hall–Kier alpha value is -0.610. The van der Waals surface area contributed by atoms with Crippen LogP contribution in [0.25, 0.3) is 0 Å². The molecule has 15 heavy (non-hydrogen) atoms. The summed E-state index contributed by atoms with van der Waals surface area (Å²) in [5.41, 5.74) is 5.22. The molecule has 1 heterocycles. The number of hydrogen-bond acceptors (Lipinski definition) is 3. The predicted molar refractivity (Wildman–Crippen MR) is 59.4 cm³/mol. The number of ether oxygens (including phenoxy) is 1. The molecule has 1 aliphatic heterocycles. The van der Waals surface area contributed by atoms with E-state index in [2.05, 4.69) is 6.92 Å². The Balaban J connectivity index is 2.62. The molecule has 0 aliphatic carbocycles. The van der Waals surface area contributed by atoms with Crippen molar-refractivity contribution in [3.63, 3.8) is 0 Å². The van der Waals surface area contributed by atoms with E-state index in [4.69, 9.17) is 10.5 Å². The van der Waals surface area contributed by atoms with Crippen LogP contribution in [0.4, 0.5) is 0 Å². The highest BCUT2D eigenvalue weighted by molar-refractivity contribution is 5.84. The van der Waals surface area contributed by atoms with E-state index in [0.717, 1.165) is 13.0 Å². The van der Waals surface area contributed by atoms with Gasteiger partial charge in [-0.05, 0) is 26.2 Å². The minimum Gasteiger partial charge on any atom is -0.369 e. The number of carbonyl (C=O) groups is 1. The Morgan fingerprint density at radius 2 is 2.13 bits per heavy atom. The standard InChI is InChI=1S/C11H22N2O2/c1-8-5-6-13(7-9(8)12)10(14)11(2,3)15-4/h8-9H,5-7,12H2,1-4H3. The number of hydrogen-bond donors (Lipinski definition) is 1. The van der Waals surface area contributed by atoms with Crippen LogP contribution >= 0.6 is 0 Å². The number of nitrogens with zero attached hydrogens (tertiary/aromatic N) is 1. The molecular formula is C11H22N2O2. The third-order valence-electron chi connectivity index (χ3n) is 3.33. The molecule has 1 saturated heterocycles. The molecule has 0 aromatic heterocycles. The minimum atomic E-state index is -0.736. The average Bonchev–Trinajstić information content (AvgIpc) is 2.21. The van der Waals surface area contributed by atoms with Crippen molar-refractivity contribution < 1.29 is 9.53 Å². The van der Waals surface area contributed by atoms with Crippen molar-refractivity contribution in [2.45, 2.75) is 38.8 Å². The number of amides is 1. The van der Waals surface area contributed by atoms with Crippen LogP contribution in [0.1, 0.15) is 27.2 Å². The topological polar surface area (TPSA) is 55.6 Å².